The Labute approximate surface area is 260 Å². The minimum absolute atomic E-state index is 0.0548. The number of para-hydroxylation sites is 1. The zero-order valence-electron chi connectivity index (χ0n) is 25.3. The summed E-state index contributed by atoms with van der Waals surface area (Å²) in [4.78, 5) is 40.2. The number of aliphatic hydroxyl groups is 1. The lowest BCUT2D eigenvalue weighted by atomic mass is 9.81. The predicted octanol–water partition coefficient (Wildman–Crippen LogP) is 3.23. The average molecular weight is 626 g/mol. The number of aliphatic hydroxyl groups excluding tert-OH is 1. The van der Waals surface area contributed by atoms with Gasteiger partial charge in [-0.15, -0.1) is 0 Å². The molecule has 0 fully saturated rings. The molecule has 0 saturated carbocycles. The van der Waals surface area contributed by atoms with Gasteiger partial charge >= 0.3 is 0 Å². The summed E-state index contributed by atoms with van der Waals surface area (Å²) in [6, 6.07) is 10.5. The minimum atomic E-state index is -0.762. The molecule has 0 spiro atoms. The van der Waals surface area contributed by atoms with Crippen LogP contribution < -0.4 is 10.6 Å². The smallest absolute Gasteiger partial charge is 0.287 e. The van der Waals surface area contributed by atoms with Gasteiger partial charge in [-0.1, -0.05) is 18.2 Å². The first-order chi connectivity index (χ1) is 21.8. The SMILES string of the molecule is CCO[C@H]1OC(C(=O)NCCNc2ccc([N+](=O)[O-])cn2)=C[C@@H](c2cn(C(C)=O)c3ccccc23)[C@H]1CCOCCOCCO. The molecule has 1 aliphatic rings. The summed E-state index contributed by atoms with van der Waals surface area (Å²) in [5, 5.41) is 26.5. The molecule has 3 heterocycles. The van der Waals surface area contributed by atoms with Crippen LogP contribution in [0.4, 0.5) is 11.5 Å². The van der Waals surface area contributed by atoms with Crippen molar-refractivity contribution in [2.45, 2.75) is 32.5 Å². The van der Waals surface area contributed by atoms with Gasteiger partial charge in [0.15, 0.2) is 5.76 Å². The molecule has 0 bridgehead atoms. The van der Waals surface area contributed by atoms with E-state index >= 15 is 0 Å². The van der Waals surface area contributed by atoms with Gasteiger partial charge in [0.05, 0.1) is 36.9 Å². The Kier molecular flexibility index (Phi) is 12.4. The number of carbonyl (C=O) groups excluding carboxylic acids is 2. The maximum Gasteiger partial charge on any atom is 0.287 e. The molecule has 3 N–H and O–H groups in total. The number of anilines is 1. The summed E-state index contributed by atoms with van der Waals surface area (Å²) in [5.74, 6) is -0.633. The molecule has 3 aromatic rings. The van der Waals surface area contributed by atoms with Gasteiger partial charge in [-0.3, -0.25) is 24.3 Å². The zero-order valence-corrected chi connectivity index (χ0v) is 25.3. The topological polar surface area (TPSA) is 176 Å². The van der Waals surface area contributed by atoms with Crippen molar-refractivity contribution < 1.29 is 38.6 Å². The molecule has 2 aromatic heterocycles. The molecule has 0 aliphatic carbocycles. The Bertz CT molecular complexity index is 1470. The summed E-state index contributed by atoms with van der Waals surface area (Å²) < 4.78 is 24.8. The lowest BCUT2D eigenvalue weighted by Gasteiger charge is -2.36. The molecule has 0 unspecified atom stereocenters. The third kappa shape index (κ3) is 8.85. The molecule has 242 valence electrons. The van der Waals surface area contributed by atoms with Crippen molar-refractivity contribution in [1.82, 2.24) is 14.9 Å². The van der Waals surface area contributed by atoms with Gasteiger partial charge in [0.1, 0.15) is 12.0 Å². The van der Waals surface area contributed by atoms with Crippen LogP contribution in [0.1, 0.15) is 36.5 Å². The maximum absolute atomic E-state index is 13.3. The standard InChI is InChI=1S/C31H39N5O9/c1-3-44-31-24(10-14-42-16-17-43-15-13-37)25(26-20-35(21(2)38)27-7-5-4-6-23(26)27)18-28(45-31)30(39)33-12-11-32-29-9-8-22(19-34-29)36(40)41/h4-9,18-20,24-25,31,37H,3,10-17H2,1-2H3,(H,32,34)(H,33,39)/t24-,25-,31+/m1/s1. The van der Waals surface area contributed by atoms with Gasteiger partial charge < -0.3 is 34.7 Å². The van der Waals surface area contributed by atoms with Crippen molar-refractivity contribution in [3.8, 4) is 0 Å². The van der Waals surface area contributed by atoms with Crippen molar-refractivity contribution in [1.29, 1.82) is 0 Å². The van der Waals surface area contributed by atoms with Crippen LogP contribution in [0.2, 0.25) is 0 Å². The molecule has 1 aliphatic heterocycles. The normalized spacial score (nSPS) is 17.8. The van der Waals surface area contributed by atoms with Crippen LogP contribution in [0, 0.1) is 16.0 Å². The second-order valence-corrected chi connectivity index (χ2v) is 10.2. The number of carbonyl (C=O) groups is 2. The fourth-order valence-corrected chi connectivity index (χ4v) is 5.19. The Hall–Kier alpha value is -4.37. The second kappa shape index (κ2) is 16.6. The van der Waals surface area contributed by atoms with E-state index in [1.165, 1.54) is 19.1 Å². The highest BCUT2D eigenvalue weighted by Gasteiger charge is 2.39. The highest BCUT2D eigenvalue weighted by atomic mass is 16.7. The molecule has 3 atom stereocenters. The van der Waals surface area contributed by atoms with Crippen molar-refractivity contribution in [2.24, 2.45) is 5.92 Å². The fraction of sp³-hybridized carbons (Fsp3) is 0.452. The van der Waals surface area contributed by atoms with Crippen LogP contribution in [-0.4, -0.2) is 90.4 Å². The van der Waals surface area contributed by atoms with E-state index < -0.39 is 17.1 Å². The number of benzene rings is 1. The molecule has 4 rings (SSSR count). The Morgan fingerprint density at radius 1 is 1.11 bits per heavy atom. The first kappa shape index (κ1) is 33.5. The van der Waals surface area contributed by atoms with E-state index in [4.69, 9.17) is 24.1 Å². The zero-order chi connectivity index (χ0) is 32.2. The summed E-state index contributed by atoms with van der Waals surface area (Å²) >= 11 is 0. The third-order valence-electron chi connectivity index (χ3n) is 7.26. The number of hydrogen-bond acceptors (Lipinski definition) is 11. The number of allylic oxidation sites excluding steroid dienone is 1. The Balaban J connectivity index is 1.53. The molecular weight excluding hydrogens is 586 g/mol. The number of nitrogens with zero attached hydrogens (tertiary/aromatic N) is 3. The van der Waals surface area contributed by atoms with Crippen LogP contribution in [0.15, 0.2) is 60.6 Å². The van der Waals surface area contributed by atoms with Gasteiger partial charge in [0.2, 0.25) is 12.2 Å². The number of amides is 1. The van der Waals surface area contributed by atoms with Crippen LogP contribution in [0.3, 0.4) is 0 Å². The molecule has 1 aromatic carbocycles. The molecule has 45 heavy (non-hydrogen) atoms. The highest BCUT2D eigenvalue weighted by Crippen LogP contribution is 2.42. The molecule has 1 amide bonds. The first-order valence-electron chi connectivity index (χ1n) is 14.8. The largest absolute Gasteiger partial charge is 0.459 e. The van der Waals surface area contributed by atoms with E-state index in [1.54, 1.807) is 10.6 Å². The van der Waals surface area contributed by atoms with Gasteiger partial charge in [-0.25, -0.2) is 4.98 Å². The van der Waals surface area contributed by atoms with Crippen molar-refractivity contribution in [3.05, 3.63) is 76.3 Å². The number of nitro groups is 1. The number of pyridine rings is 1. The van der Waals surface area contributed by atoms with Crippen molar-refractivity contribution in [3.63, 3.8) is 0 Å². The minimum Gasteiger partial charge on any atom is -0.459 e. The van der Waals surface area contributed by atoms with Crippen LogP contribution in [0.25, 0.3) is 10.9 Å². The van der Waals surface area contributed by atoms with Crippen molar-refractivity contribution >= 4 is 34.2 Å². The fourth-order valence-electron chi connectivity index (χ4n) is 5.19. The van der Waals surface area contributed by atoms with E-state index in [9.17, 15) is 19.7 Å². The number of hydrogen-bond donors (Lipinski definition) is 3. The summed E-state index contributed by atoms with van der Waals surface area (Å²) in [7, 11) is 0. The lowest BCUT2D eigenvalue weighted by Crippen LogP contribution is -2.40. The molecule has 0 radical (unpaired) electrons. The Morgan fingerprint density at radius 2 is 1.89 bits per heavy atom. The van der Waals surface area contributed by atoms with E-state index in [1.807, 2.05) is 37.4 Å². The number of ether oxygens (including phenoxy) is 4. The number of nitrogens with one attached hydrogen (secondary N) is 2. The van der Waals surface area contributed by atoms with Crippen LogP contribution in [0.5, 0.6) is 0 Å². The molecular formula is C31H39N5O9. The van der Waals surface area contributed by atoms with Crippen molar-refractivity contribution in [2.75, 3.05) is 58.0 Å². The summed E-state index contributed by atoms with van der Waals surface area (Å²) in [6.45, 7) is 5.51. The predicted molar refractivity (Wildman–Crippen MR) is 165 cm³/mol. The van der Waals surface area contributed by atoms with Crippen LogP contribution >= 0.6 is 0 Å². The van der Waals surface area contributed by atoms with E-state index in [2.05, 4.69) is 15.6 Å². The second-order valence-electron chi connectivity index (χ2n) is 10.2. The van der Waals surface area contributed by atoms with E-state index in [-0.39, 0.29) is 48.9 Å². The average Bonchev–Trinajstić information content (AvgIpc) is 3.43. The third-order valence-corrected chi connectivity index (χ3v) is 7.26. The quantitative estimate of drug-likeness (QED) is 0.114. The molecule has 0 saturated heterocycles. The monoisotopic (exact) mass is 625 g/mol. The Morgan fingerprint density at radius 3 is 2.58 bits per heavy atom. The van der Waals surface area contributed by atoms with E-state index in [0.717, 1.165) is 22.7 Å². The van der Waals surface area contributed by atoms with E-state index in [0.29, 0.717) is 45.2 Å². The van der Waals surface area contributed by atoms with Gasteiger partial charge in [-0.2, -0.15) is 0 Å². The number of fused-ring (bicyclic) bond motifs is 1. The van der Waals surface area contributed by atoms with Gasteiger partial charge in [0.25, 0.3) is 11.6 Å². The van der Waals surface area contributed by atoms with Gasteiger partial charge in [-0.05, 0) is 37.1 Å². The summed E-state index contributed by atoms with van der Waals surface area (Å²) in [5.41, 5.74) is 1.51. The number of aromatic nitrogens is 2. The highest BCUT2D eigenvalue weighted by molar-refractivity contribution is 5.95. The molecule has 14 nitrogen and oxygen atoms in total. The molecule has 14 heteroatoms. The van der Waals surface area contributed by atoms with Crippen LogP contribution in [-0.2, 0) is 23.7 Å². The van der Waals surface area contributed by atoms with Gasteiger partial charge in [0, 0.05) is 62.7 Å². The maximum atomic E-state index is 13.3. The summed E-state index contributed by atoms with van der Waals surface area (Å²) in [6.07, 6.45) is 4.52. The number of rotatable bonds is 17. The first-order valence-corrected chi connectivity index (χ1v) is 14.8. The lowest BCUT2D eigenvalue weighted by molar-refractivity contribution is -0.385.